The van der Waals surface area contributed by atoms with E-state index in [4.69, 9.17) is 5.14 Å². The fraction of sp³-hybridized carbons (Fsp3) is 0.500. The van der Waals surface area contributed by atoms with E-state index in [1.54, 1.807) is 0 Å². The molecular weight excluding hydrogens is 282 g/mol. The van der Waals surface area contributed by atoms with Crippen LogP contribution in [-0.4, -0.2) is 19.4 Å². The number of hydrogen-bond acceptors (Lipinski definition) is 5. The number of rotatable bonds is 4. The zero-order valence-corrected chi connectivity index (χ0v) is 11.9. The van der Waals surface area contributed by atoms with E-state index in [2.05, 4.69) is 12.2 Å². The summed E-state index contributed by atoms with van der Waals surface area (Å²) in [6.45, 7) is 2.07. The van der Waals surface area contributed by atoms with Gasteiger partial charge in [0.1, 0.15) is 4.90 Å². The molecular formula is C12H17N3O4S. The average Bonchev–Trinajstić information content (AvgIpc) is 2.73. The Morgan fingerprint density at radius 1 is 1.40 bits per heavy atom. The Bertz CT molecular complexity index is 630. The Kier molecular flexibility index (Phi) is 3.96. The number of hydrogen-bond donors (Lipinski definition) is 2. The molecule has 1 aromatic carbocycles. The zero-order chi connectivity index (χ0) is 14.9. The molecule has 0 radical (unpaired) electrons. The van der Waals surface area contributed by atoms with E-state index in [0.717, 1.165) is 25.3 Å². The summed E-state index contributed by atoms with van der Waals surface area (Å²) in [6.07, 6.45) is 3.02. The Morgan fingerprint density at radius 2 is 2.10 bits per heavy atom. The Morgan fingerprint density at radius 3 is 2.60 bits per heavy atom. The smallest absolute Gasteiger partial charge is 0.271 e. The number of nitro benzene ring substituents is 1. The van der Waals surface area contributed by atoms with Crippen LogP contribution in [0, 0.1) is 16.0 Å². The molecule has 1 aliphatic carbocycles. The van der Waals surface area contributed by atoms with Crippen LogP contribution in [0.3, 0.4) is 0 Å². The first-order chi connectivity index (χ1) is 9.29. The molecule has 2 rings (SSSR count). The number of nitrogens with two attached hydrogens (primary N) is 1. The lowest BCUT2D eigenvalue weighted by Gasteiger charge is -2.20. The van der Waals surface area contributed by atoms with Crippen LogP contribution in [0.1, 0.15) is 26.2 Å². The Balaban J connectivity index is 2.41. The molecule has 0 aliphatic heterocycles. The number of primary sulfonamides is 1. The van der Waals surface area contributed by atoms with Crippen LogP contribution in [-0.2, 0) is 10.0 Å². The molecule has 0 aromatic heterocycles. The van der Waals surface area contributed by atoms with E-state index in [-0.39, 0.29) is 22.3 Å². The molecule has 0 heterocycles. The minimum Gasteiger partial charge on any atom is -0.381 e. The molecule has 0 spiro atoms. The fourth-order valence-electron chi connectivity index (χ4n) is 2.55. The van der Waals surface area contributed by atoms with Gasteiger partial charge in [0.2, 0.25) is 10.0 Å². The summed E-state index contributed by atoms with van der Waals surface area (Å²) < 4.78 is 23.1. The summed E-state index contributed by atoms with van der Waals surface area (Å²) in [4.78, 5) is 10.1. The predicted molar refractivity (Wildman–Crippen MR) is 74.9 cm³/mol. The zero-order valence-electron chi connectivity index (χ0n) is 11.1. The molecule has 1 fully saturated rings. The maximum Gasteiger partial charge on any atom is 0.271 e. The molecule has 2 atom stereocenters. The number of nitro groups is 1. The van der Waals surface area contributed by atoms with Gasteiger partial charge in [0.25, 0.3) is 5.69 Å². The lowest BCUT2D eigenvalue weighted by molar-refractivity contribution is -0.384. The average molecular weight is 299 g/mol. The largest absolute Gasteiger partial charge is 0.381 e. The second-order valence-electron chi connectivity index (χ2n) is 5.14. The van der Waals surface area contributed by atoms with Gasteiger partial charge in [-0.25, -0.2) is 13.6 Å². The van der Waals surface area contributed by atoms with Crippen molar-refractivity contribution in [2.24, 2.45) is 11.1 Å². The summed E-state index contributed by atoms with van der Waals surface area (Å²) >= 11 is 0. The maximum atomic E-state index is 11.6. The normalized spacial score (nSPS) is 22.7. The number of benzene rings is 1. The van der Waals surface area contributed by atoms with Crippen molar-refractivity contribution in [1.29, 1.82) is 0 Å². The highest BCUT2D eigenvalue weighted by Gasteiger charge is 2.26. The predicted octanol–water partition coefficient (Wildman–Crippen LogP) is 1.84. The highest BCUT2D eigenvalue weighted by atomic mass is 32.2. The highest BCUT2D eigenvalue weighted by Crippen LogP contribution is 2.32. The molecule has 7 nitrogen and oxygen atoms in total. The molecule has 8 heteroatoms. The highest BCUT2D eigenvalue weighted by molar-refractivity contribution is 7.89. The fourth-order valence-corrected chi connectivity index (χ4v) is 3.23. The van der Waals surface area contributed by atoms with Gasteiger partial charge in [0, 0.05) is 18.2 Å². The third-order valence-corrected chi connectivity index (χ3v) is 4.65. The van der Waals surface area contributed by atoms with Gasteiger partial charge in [0.05, 0.1) is 10.6 Å². The number of anilines is 1. The lowest BCUT2D eigenvalue weighted by atomic mass is 10.1. The van der Waals surface area contributed by atoms with Gasteiger partial charge in [-0.1, -0.05) is 13.3 Å². The number of sulfonamides is 1. The van der Waals surface area contributed by atoms with Crippen molar-refractivity contribution in [2.45, 2.75) is 37.1 Å². The number of nitrogens with zero attached hydrogens (tertiary/aromatic N) is 1. The molecule has 110 valence electrons. The summed E-state index contributed by atoms with van der Waals surface area (Å²) in [5, 5.41) is 19.1. The van der Waals surface area contributed by atoms with Crippen molar-refractivity contribution in [3.05, 3.63) is 28.3 Å². The topological polar surface area (TPSA) is 115 Å². The molecule has 0 unspecified atom stereocenters. The van der Waals surface area contributed by atoms with Gasteiger partial charge in [-0.15, -0.1) is 0 Å². The van der Waals surface area contributed by atoms with Gasteiger partial charge in [-0.3, -0.25) is 10.1 Å². The summed E-state index contributed by atoms with van der Waals surface area (Å²) in [7, 11) is -3.92. The number of non-ortho nitro benzene ring substituents is 1. The van der Waals surface area contributed by atoms with Gasteiger partial charge in [0.15, 0.2) is 0 Å². The summed E-state index contributed by atoms with van der Waals surface area (Å²) in [6, 6.07) is 3.65. The monoisotopic (exact) mass is 299 g/mol. The van der Waals surface area contributed by atoms with Crippen molar-refractivity contribution in [1.82, 2.24) is 0 Å². The van der Waals surface area contributed by atoms with Gasteiger partial charge in [-0.2, -0.15) is 0 Å². The molecule has 0 saturated heterocycles. The third kappa shape index (κ3) is 3.07. The second-order valence-corrected chi connectivity index (χ2v) is 6.67. The van der Waals surface area contributed by atoms with Crippen molar-refractivity contribution >= 4 is 21.4 Å². The quantitative estimate of drug-likeness (QED) is 0.650. The Hall–Kier alpha value is -1.67. The van der Waals surface area contributed by atoms with Crippen molar-refractivity contribution in [3.8, 4) is 0 Å². The molecule has 0 amide bonds. The van der Waals surface area contributed by atoms with Gasteiger partial charge < -0.3 is 5.32 Å². The van der Waals surface area contributed by atoms with Crippen LogP contribution >= 0.6 is 0 Å². The van der Waals surface area contributed by atoms with Crippen LogP contribution in [0.25, 0.3) is 0 Å². The minimum absolute atomic E-state index is 0.109. The van der Waals surface area contributed by atoms with E-state index in [0.29, 0.717) is 5.92 Å². The van der Waals surface area contributed by atoms with Crippen LogP contribution in [0.5, 0.6) is 0 Å². The second kappa shape index (κ2) is 5.37. The summed E-state index contributed by atoms with van der Waals surface area (Å²) in [5.41, 5.74) is 0.0472. The molecule has 1 saturated carbocycles. The van der Waals surface area contributed by atoms with Crippen LogP contribution < -0.4 is 10.5 Å². The van der Waals surface area contributed by atoms with E-state index in [1.165, 1.54) is 12.1 Å². The van der Waals surface area contributed by atoms with Gasteiger partial charge in [-0.05, 0) is 24.8 Å². The Labute approximate surface area is 117 Å². The van der Waals surface area contributed by atoms with Crippen LogP contribution in [0.4, 0.5) is 11.4 Å². The first kappa shape index (κ1) is 14.7. The van der Waals surface area contributed by atoms with Crippen LogP contribution in [0.15, 0.2) is 23.1 Å². The third-order valence-electron chi connectivity index (χ3n) is 3.68. The SMILES string of the molecule is C[C@@H]1CCC[C@H]1Nc1cc([N+](=O)[O-])ccc1S(N)(=O)=O. The lowest BCUT2D eigenvalue weighted by Crippen LogP contribution is -2.24. The van der Waals surface area contributed by atoms with Crippen molar-refractivity contribution < 1.29 is 13.3 Å². The van der Waals surface area contributed by atoms with Crippen molar-refractivity contribution in [2.75, 3.05) is 5.32 Å². The molecule has 1 aliphatic rings. The number of nitrogens with one attached hydrogen (secondary N) is 1. The molecule has 3 N–H and O–H groups in total. The van der Waals surface area contributed by atoms with E-state index in [1.807, 2.05) is 0 Å². The van der Waals surface area contributed by atoms with Crippen molar-refractivity contribution in [3.63, 3.8) is 0 Å². The van der Waals surface area contributed by atoms with Gasteiger partial charge >= 0.3 is 0 Å². The molecule has 0 bridgehead atoms. The van der Waals surface area contributed by atoms with E-state index >= 15 is 0 Å². The first-order valence-electron chi connectivity index (χ1n) is 6.37. The first-order valence-corrected chi connectivity index (χ1v) is 7.91. The van der Waals surface area contributed by atoms with E-state index < -0.39 is 14.9 Å². The minimum atomic E-state index is -3.92. The molecule has 1 aromatic rings. The maximum absolute atomic E-state index is 11.6. The molecule has 20 heavy (non-hydrogen) atoms. The van der Waals surface area contributed by atoms with Crippen LogP contribution in [0.2, 0.25) is 0 Å². The summed E-state index contributed by atoms with van der Waals surface area (Å²) in [5.74, 6) is 0.391. The standard InChI is InChI=1S/C12H17N3O4S/c1-8-3-2-4-10(8)14-11-7-9(15(16)17)5-6-12(11)20(13,18)19/h5-8,10,14H,2-4H2,1H3,(H2,13,18,19)/t8-,10-/m1/s1. The van der Waals surface area contributed by atoms with E-state index in [9.17, 15) is 18.5 Å².